The Morgan fingerprint density at radius 2 is 1.88 bits per heavy atom. The van der Waals surface area contributed by atoms with Crippen LogP contribution in [-0.4, -0.2) is 60.0 Å². The van der Waals surface area contributed by atoms with E-state index in [0.29, 0.717) is 6.54 Å². The second-order valence-electron chi connectivity index (χ2n) is 6.36. The maximum atomic E-state index is 12.1. The largest absolute Gasteiger partial charge is 0.352 e. The van der Waals surface area contributed by atoms with Gasteiger partial charge in [0, 0.05) is 50.7 Å². The van der Waals surface area contributed by atoms with Crippen molar-refractivity contribution in [1.82, 2.24) is 20.2 Å². The molecule has 1 aliphatic rings. The Bertz CT molecular complexity index is 683. The van der Waals surface area contributed by atoms with Crippen LogP contribution in [0.1, 0.15) is 22.3 Å². The molecule has 1 aromatic heterocycles. The molecule has 0 aliphatic carbocycles. The molecule has 25 heavy (non-hydrogen) atoms. The molecule has 132 valence electrons. The van der Waals surface area contributed by atoms with E-state index in [1.54, 1.807) is 12.4 Å². The molecule has 3 rings (SSSR count). The van der Waals surface area contributed by atoms with Gasteiger partial charge in [0.25, 0.3) is 5.91 Å². The van der Waals surface area contributed by atoms with E-state index in [2.05, 4.69) is 25.1 Å². The molecule has 1 aliphatic heterocycles. The summed E-state index contributed by atoms with van der Waals surface area (Å²) in [6, 6.07) is 9.52. The van der Waals surface area contributed by atoms with Crippen LogP contribution >= 0.6 is 0 Å². The number of hydrogen-bond donors (Lipinski definition) is 1. The van der Waals surface area contributed by atoms with E-state index < -0.39 is 0 Å². The van der Waals surface area contributed by atoms with E-state index in [1.165, 1.54) is 0 Å². The molecule has 0 atom stereocenters. The first kappa shape index (κ1) is 17.4. The van der Waals surface area contributed by atoms with Crippen LogP contribution in [0.15, 0.2) is 42.7 Å². The first-order valence-electron chi connectivity index (χ1n) is 8.81. The van der Waals surface area contributed by atoms with Gasteiger partial charge in [0.1, 0.15) is 0 Å². The summed E-state index contributed by atoms with van der Waals surface area (Å²) >= 11 is 0. The Morgan fingerprint density at radius 3 is 2.60 bits per heavy atom. The van der Waals surface area contributed by atoms with E-state index in [9.17, 15) is 4.79 Å². The predicted octanol–water partition coefficient (Wildman–Crippen LogP) is 1.73. The fourth-order valence-corrected chi connectivity index (χ4v) is 3.02. The maximum Gasteiger partial charge on any atom is 0.251 e. The highest BCUT2D eigenvalue weighted by molar-refractivity contribution is 5.94. The minimum absolute atomic E-state index is 0.00902. The van der Waals surface area contributed by atoms with Crippen molar-refractivity contribution in [3.63, 3.8) is 0 Å². The van der Waals surface area contributed by atoms with Crippen LogP contribution in [0.5, 0.6) is 0 Å². The summed E-state index contributed by atoms with van der Waals surface area (Å²) in [6.07, 6.45) is 4.52. The highest BCUT2D eigenvalue weighted by atomic mass is 16.1. The van der Waals surface area contributed by atoms with Crippen molar-refractivity contribution in [2.45, 2.75) is 13.3 Å². The quantitative estimate of drug-likeness (QED) is 0.812. The third-order valence-electron chi connectivity index (χ3n) is 4.42. The number of carbonyl (C=O) groups is 1. The van der Waals surface area contributed by atoms with Crippen molar-refractivity contribution in [2.24, 2.45) is 0 Å². The number of carbonyl (C=O) groups excluding carboxylic acids is 1. The molecule has 0 saturated carbocycles. The zero-order valence-electron chi connectivity index (χ0n) is 14.7. The normalized spacial score (nSPS) is 15.2. The van der Waals surface area contributed by atoms with Crippen LogP contribution in [0.4, 0.5) is 5.95 Å². The number of nitrogens with one attached hydrogen (secondary N) is 1. The van der Waals surface area contributed by atoms with Gasteiger partial charge in [-0.3, -0.25) is 9.69 Å². The van der Waals surface area contributed by atoms with Gasteiger partial charge in [-0.2, -0.15) is 0 Å². The Morgan fingerprint density at radius 1 is 1.12 bits per heavy atom. The summed E-state index contributed by atoms with van der Waals surface area (Å²) in [4.78, 5) is 25.4. The summed E-state index contributed by atoms with van der Waals surface area (Å²) in [7, 11) is 0. The number of hydrogen-bond acceptors (Lipinski definition) is 5. The zero-order chi connectivity index (χ0) is 17.5. The monoisotopic (exact) mass is 339 g/mol. The van der Waals surface area contributed by atoms with Crippen molar-refractivity contribution >= 4 is 11.9 Å². The van der Waals surface area contributed by atoms with E-state index in [0.717, 1.165) is 56.2 Å². The molecule has 0 radical (unpaired) electrons. The van der Waals surface area contributed by atoms with Gasteiger partial charge in [-0.05, 0) is 38.1 Å². The Balaban J connectivity index is 1.34. The SMILES string of the molecule is Cc1cccc(C(=O)NCCCN2CCN(c3ncccn3)CC2)c1. The summed E-state index contributed by atoms with van der Waals surface area (Å²) in [5.74, 6) is 0.822. The number of rotatable bonds is 6. The molecule has 0 spiro atoms. The summed E-state index contributed by atoms with van der Waals surface area (Å²) in [5.41, 5.74) is 1.84. The Labute approximate surface area is 148 Å². The molecular formula is C19H25N5O. The highest BCUT2D eigenvalue weighted by Gasteiger charge is 2.18. The van der Waals surface area contributed by atoms with E-state index in [4.69, 9.17) is 0 Å². The highest BCUT2D eigenvalue weighted by Crippen LogP contribution is 2.09. The average Bonchev–Trinajstić information content (AvgIpc) is 2.66. The standard InChI is InChI=1S/C19H25N5O/c1-16-5-2-6-17(15-16)18(25)20-9-4-10-23-11-13-24(14-12-23)19-21-7-3-8-22-19/h2-3,5-8,15H,4,9-14H2,1H3,(H,20,25). The molecule has 2 aromatic rings. The first-order valence-corrected chi connectivity index (χ1v) is 8.81. The lowest BCUT2D eigenvalue weighted by atomic mass is 10.1. The molecule has 1 N–H and O–H groups in total. The summed E-state index contributed by atoms with van der Waals surface area (Å²) < 4.78 is 0. The summed E-state index contributed by atoms with van der Waals surface area (Å²) in [6.45, 7) is 7.59. The van der Waals surface area contributed by atoms with Gasteiger partial charge >= 0.3 is 0 Å². The minimum Gasteiger partial charge on any atom is -0.352 e. The van der Waals surface area contributed by atoms with E-state index in [-0.39, 0.29) is 5.91 Å². The van der Waals surface area contributed by atoms with Crippen LogP contribution in [-0.2, 0) is 0 Å². The first-order chi connectivity index (χ1) is 12.2. The average molecular weight is 339 g/mol. The van der Waals surface area contributed by atoms with Crippen molar-refractivity contribution < 1.29 is 4.79 Å². The maximum absolute atomic E-state index is 12.1. The van der Waals surface area contributed by atoms with Gasteiger partial charge in [0.2, 0.25) is 5.95 Å². The van der Waals surface area contributed by atoms with Crippen molar-refractivity contribution in [3.8, 4) is 0 Å². The number of aryl methyl sites for hydroxylation is 1. The van der Waals surface area contributed by atoms with Gasteiger partial charge in [0.15, 0.2) is 0 Å². The number of aromatic nitrogens is 2. The fourth-order valence-electron chi connectivity index (χ4n) is 3.02. The molecule has 6 nitrogen and oxygen atoms in total. The van der Waals surface area contributed by atoms with Crippen molar-refractivity contribution in [1.29, 1.82) is 0 Å². The van der Waals surface area contributed by atoms with Gasteiger partial charge < -0.3 is 10.2 Å². The molecule has 0 unspecified atom stereocenters. The molecule has 1 fully saturated rings. The van der Waals surface area contributed by atoms with Crippen LogP contribution < -0.4 is 10.2 Å². The lowest BCUT2D eigenvalue weighted by molar-refractivity contribution is 0.0951. The fraction of sp³-hybridized carbons (Fsp3) is 0.421. The van der Waals surface area contributed by atoms with Gasteiger partial charge in [-0.15, -0.1) is 0 Å². The van der Waals surface area contributed by atoms with Crippen LogP contribution in [0.2, 0.25) is 0 Å². The summed E-state index contributed by atoms with van der Waals surface area (Å²) in [5, 5.41) is 3.00. The molecule has 2 heterocycles. The van der Waals surface area contributed by atoms with Crippen LogP contribution in [0.25, 0.3) is 0 Å². The molecule has 1 saturated heterocycles. The lowest BCUT2D eigenvalue weighted by Gasteiger charge is -2.34. The van der Waals surface area contributed by atoms with Gasteiger partial charge in [-0.1, -0.05) is 17.7 Å². The Hall–Kier alpha value is -2.47. The molecule has 6 heteroatoms. The number of anilines is 1. The van der Waals surface area contributed by atoms with E-state index >= 15 is 0 Å². The number of amides is 1. The number of benzene rings is 1. The minimum atomic E-state index is 0.00902. The smallest absolute Gasteiger partial charge is 0.251 e. The van der Waals surface area contributed by atoms with Gasteiger partial charge in [-0.25, -0.2) is 9.97 Å². The third-order valence-corrected chi connectivity index (χ3v) is 4.42. The van der Waals surface area contributed by atoms with E-state index in [1.807, 2.05) is 37.3 Å². The molecular weight excluding hydrogens is 314 g/mol. The number of piperazine rings is 1. The molecule has 1 amide bonds. The van der Waals surface area contributed by atoms with Gasteiger partial charge in [0.05, 0.1) is 0 Å². The predicted molar refractivity (Wildman–Crippen MR) is 98.8 cm³/mol. The lowest BCUT2D eigenvalue weighted by Crippen LogP contribution is -2.47. The second-order valence-corrected chi connectivity index (χ2v) is 6.36. The molecule has 1 aromatic carbocycles. The topological polar surface area (TPSA) is 61.4 Å². The van der Waals surface area contributed by atoms with Crippen molar-refractivity contribution in [2.75, 3.05) is 44.2 Å². The van der Waals surface area contributed by atoms with Crippen LogP contribution in [0.3, 0.4) is 0 Å². The number of nitrogens with zero attached hydrogens (tertiary/aromatic N) is 4. The molecule has 0 bridgehead atoms. The zero-order valence-corrected chi connectivity index (χ0v) is 14.7. The van der Waals surface area contributed by atoms with Crippen molar-refractivity contribution in [3.05, 3.63) is 53.9 Å². The van der Waals surface area contributed by atoms with Crippen LogP contribution in [0, 0.1) is 6.92 Å². The second kappa shape index (κ2) is 8.58. The third kappa shape index (κ3) is 5.00. The Kier molecular flexibility index (Phi) is 5.95.